The molecule has 0 saturated heterocycles. The zero-order valence-corrected chi connectivity index (χ0v) is 13.3. The molecule has 0 aliphatic rings. The van der Waals surface area contributed by atoms with E-state index in [1.54, 1.807) is 12.1 Å². The zero-order valence-electron chi connectivity index (χ0n) is 7.78. The van der Waals surface area contributed by atoms with Crippen LogP contribution in [0.5, 0.6) is 0 Å². The second-order valence-electron chi connectivity index (χ2n) is 2.56. The van der Waals surface area contributed by atoms with E-state index >= 15 is 0 Å². The van der Waals surface area contributed by atoms with E-state index in [9.17, 15) is 9.59 Å². The van der Waals surface area contributed by atoms with E-state index in [2.05, 4.69) is 5.32 Å². The van der Waals surface area contributed by atoms with Gasteiger partial charge < -0.3 is 10.4 Å². The van der Waals surface area contributed by atoms with E-state index in [-0.39, 0.29) is 38.8 Å². The van der Waals surface area contributed by atoms with Crippen LogP contribution in [0.4, 0.5) is 5.69 Å². The average Bonchev–Trinajstić information content (AvgIpc) is 2.04. The molecular formula is C9H11NO3Pb. The van der Waals surface area contributed by atoms with E-state index in [1.165, 1.54) is 19.1 Å². The summed E-state index contributed by atoms with van der Waals surface area (Å²) in [6, 6.07) is 5.97. The molecular weight excluding hydrogens is 377 g/mol. The standard InChI is InChI=1S/C9H9NO3.Pb.2H/c1-6(11)10-8-4-2-7(3-5-8)9(12)13;;;/h2-5H,1H3,(H,10,11)(H,12,13);;;. The molecule has 2 radical (unpaired) electrons. The first kappa shape index (κ1) is 13.1. The number of carboxylic acids is 1. The zero-order chi connectivity index (χ0) is 9.84. The number of aromatic carboxylic acids is 1. The number of rotatable bonds is 2. The number of carbonyl (C=O) groups is 2. The Morgan fingerprint density at radius 2 is 1.71 bits per heavy atom. The first-order chi connectivity index (χ1) is 6.09. The minimum atomic E-state index is -0.977. The Labute approximate surface area is 101 Å². The summed E-state index contributed by atoms with van der Waals surface area (Å²) in [5, 5.41) is 11.1. The normalized spacial score (nSPS) is 8.64. The van der Waals surface area contributed by atoms with Gasteiger partial charge in [0.05, 0.1) is 5.56 Å². The molecule has 0 bridgehead atoms. The molecule has 5 heteroatoms. The van der Waals surface area contributed by atoms with Crippen LogP contribution in [0, 0.1) is 0 Å². The van der Waals surface area contributed by atoms with Gasteiger partial charge in [0.25, 0.3) is 0 Å². The minimum absolute atomic E-state index is 0. The Morgan fingerprint density at radius 1 is 1.21 bits per heavy atom. The van der Waals surface area contributed by atoms with Crippen molar-refractivity contribution in [1.29, 1.82) is 0 Å². The van der Waals surface area contributed by atoms with Crippen molar-refractivity contribution in [3.05, 3.63) is 29.8 Å². The molecule has 0 unspecified atom stereocenters. The van der Waals surface area contributed by atoms with E-state index in [1.807, 2.05) is 0 Å². The molecule has 2 N–H and O–H groups in total. The van der Waals surface area contributed by atoms with Gasteiger partial charge in [-0.05, 0) is 24.3 Å². The van der Waals surface area contributed by atoms with Gasteiger partial charge in [-0.1, -0.05) is 0 Å². The van der Waals surface area contributed by atoms with Crippen molar-refractivity contribution in [3.8, 4) is 0 Å². The van der Waals surface area contributed by atoms with E-state index in [0.29, 0.717) is 5.69 Å². The maximum absolute atomic E-state index is 10.6. The molecule has 1 aromatic rings. The number of hydrogen-bond acceptors (Lipinski definition) is 2. The Hall–Kier alpha value is -0.918. The molecule has 0 aromatic heterocycles. The Morgan fingerprint density at radius 3 is 2.07 bits per heavy atom. The Balaban J connectivity index is 0.00000169. The van der Waals surface area contributed by atoms with Crippen LogP contribution in [0.1, 0.15) is 17.3 Å². The average molecular weight is 388 g/mol. The summed E-state index contributed by atoms with van der Waals surface area (Å²) >= 11 is 0. The molecule has 0 spiro atoms. The fraction of sp³-hybridized carbons (Fsp3) is 0.111. The Kier molecular flexibility index (Phi) is 5.36. The number of carbonyl (C=O) groups excluding carboxylic acids is 1. The predicted molar refractivity (Wildman–Crippen MR) is 56.2 cm³/mol. The molecule has 14 heavy (non-hydrogen) atoms. The van der Waals surface area contributed by atoms with Gasteiger partial charge in [-0.15, -0.1) is 0 Å². The molecule has 0 saturated carbocycles. The van der Waals surface area contributed by atoms with Gasteiger partial charge >= 0.3 is 33.3 Å². The summed E-state index contributed by atoms with van der Waals surface area (Å²) in [6.07, 6.45) is 0. The molecule has 0 atom stereocenters. The fourth-order valence-corrected chi connectivity index (χ4v) is 0.899. The topological polar surface area (TPSA) is 66.4 Å². The molecule has 74 valence electrons. The fourth-order valence-electron chi connectivity index (χ4n) is 0.899. The molecule has 4 nitrogen and oxygen atoms in total. The van der Waals surface area contributed by atoms with E-state index in [0.717, 1.165) is 0 Å². The molecule has 0 heterocycles. The van der Waals surface area contributed by atoms with Gasteiger partial charge in [0.15, 0.2) is 0 Å². The quantitative estimate of drug-likeness (QED) is 0.722. The van der Waals surface area contributed by atoms with Crippen molar-refractivity contribution in [2.45, 2.75) is 6.92 Å². The molecule has 1 aromatic carbocycles. The van der Waals surface area contributed by atoms with Crippen LogP contribution >= 0.6 is 0 Å². The van der Waals surface area contributed by atoms with Crippen molar-refractivity contribution in [2.24, 2.45) is 0 Å². The van der Waals surface area contributed by atoms with Crippen LogP contribution in [0.15, 0.2) is 24.3 Å². The van der Waals surface area contributed by atoms with Crippen molar-refractivity contribution in [3.63, 3.8) is 0 Å². The van der Waals surface area contributed by atoms with Crippen molar-refractivity contribution in [2.75, 3.05) is 5.32 Å². The van der Waals surface area contributed by atoms with E-state index in [4.69, 9.17) is 5.11 Å². The second kappa shape index (κ2) is 5.74. The first-order valence-electron chi connectivity index (χ1n) is 3.70. The number of anilines is 1. The summed E-state index contributed by atoms with van der Waals surface area (Å²) in [5.74, 6) is -1.16. The van der Waals surface area contributed by atoms with Crippen LogP contribution in [-0.2, 0) is 4.79 Å². The monoisotopic (exact) mass is 389 g/mol. The Bertz CT molecular complexity index is 334. The molecule has 1 rings (SSSR count). The van der Waals surface area contributed by atoms with Gasteiger partial charge in [-0.25, -0.2) is 4.79 Å². The molecule has 0 aliphatic heterocycles. The van der Waals surface area contributed by atoms with Gasteiger partial charge in [0.1, 0.15) is 0 Å². The van der Waals surface area contributed by atoms with Crippen LogP contribution in [0.2, 0.25) is 0 Å². The van der Waals surface area contributed by atoms with Crippen LogP contribution in [-0.4, -0.2) is 44.3 Å². The summed E-state index contributed by atoms with van der Waals surface area (Å²) < 4.78 is 0. The molecule has 0 aliphatic carbocycles. The predicted octanol–water partition coefficient (Wildman–Crippen LogP) is 0.427. The number of carboxylic acid groups (broad SMARTS) is 1. The first-order valence-corrected chi connectivity index (χ1v) is 3.70. The molecule has 0 fully saturated rings. The van der Waals surface area contributed by atoms with Crippen LogP contribution < -0.4 is 5.32 Å². The third-order valence-corrected chi connectivity index (χ3v) is 1.45. The van der Waals surface area contributed by atoms with Crippen molar-refractivity contribution >= 4 is 44.9 Å². The van der Waals surface area contributed by atoms with Gasteiger partial charge in [-0.3, -0.25) is 4.79 Å². The van der Waals surface area contributed by atoms with Crippen LogP contribution in [0.25, 0.3) is 0 Å². The summed E-state index contributed by atoms with van der Waals surface area (Å²) in [7, 11) is 0. The summed E-state index contributed by atoms with van der Waals surface area (Å²) in [6.45, 7) is 1.39. The number of amides is 1. The van der Waals surface area contributed by atoms with Crippen molar-refractivity contribution < 1.29 is 14.7 Å². The second-order valence-corrected chi connectivity index (χ2v) is 2.56. The number of hydrogen-bond donors (Lipinski definition) is 2. The van der Waals surface area contributed by atoms with Crippen LogP contribution in [0.3, 0.4) is 0 Å². The van der Waals surface area contributed by atoms with Crippen molar-refractivity contribution in [1.82, 2.24) is 0 Å². The number of benzene rings is 1. The third-order valence-electron chi connectivity index (χ3n) is 1.45. The summed E-state index contributed by atoms with van der Waals surface area (Å²) in [5.41, 5.74) is 0.798. The maximum atomic E-state index is 10.6. The summed E-state index contributed by atoms with van der Waals surface area (Å²) in [4.78, 5) is 21.1. The van der Waals surface area contributed by atoms with Gasteiger partial charge in [0, 0.05) is 12.6 Å². The number of nitrogens with one attached hydrogen (secondary N) is 1. The van der Waals surface area contributed by atoms with Gasteiger partial charge in [0.2, 0.25) is 5.91 Å². The van der Waals surface area contributed by atoms with Gasteiger partial charge in [-0.2, -0.15) is 0 Å². The third kappa shape index (κ3) is 3.86. The molecule has 1 amide bonds. The van der Waals surface area contributed by atoms with E-state index < -0.39 is 5.97 Å². The SMILES string of the molecule is CC(=O)Nc1ccc(C(=O)O)cc1.[PbH2].